The minimum Gasteiger partial charge on any atom is -0.360 e. The number of nitrogens with one attached hydrogen (secondary N) is 4. The molecule has 4 aromatic rings. The van der Waals surface area contributed by atoms with E-state index in [-0.39, 0.29) is 0 Å². The van der Waals surface area contributed by atoms with E-state index in [1.165, 1.54) is 0 Å². The Labute approximate surface area is 161 Å². The van der Waals surface area contributed by atoms with E-state index in [0.29, 0.717) is 5.11 Å². The van der Waals surface area contributed by atoms with Gasteiger partial charge in [0.1, 0.15) is 11.4 Å². The van der Waals surface area contributed by atoms with Gasteiger partial charge in [-0.05, 0) is 54.7 Å². The van der Waals surface area contributed by atoms with Gasteiger partial charge in [0.15, 0.2) is 5.11 Å². The van der Waals surface area contributed by atoms with Crippen LogP contribution < -0.4 is 10.7 Å². The second-order valence-corrected chi connectivity index (χ2v) is 6.66. The molecule has 0 fully saturated rings. The van der Waals surface area contributed by atoms with Gasteiger partial charge in [-0.25, -0.2) is 15.0 Å². The van der Waals surface area contributed by atoms with Crippen LogP contribution in [0.5, 0.6) is 0 Å². The summed E-state index contributed by atoms with van der Waals surface area (Å²) in [6.45, 7) is 0. The molecular weight excluding hydrogens is 358 g/mol. The average molecular weight is 377 g/mol. The maximum atomic E-state index is 5.29. The molecular formula is C19H19N7S. The van der Waals surface area contributed by atoms with Crippen LogP contribution in [0, 0.1) is 0 Å². The van der Waals surface area contributed by atoms with Crippen LogP contribution in [0.1, 0.15) is 0 Å². The van der Waals surface area contributed by atoms with E-state index in [9.17, 15) is 0 Å². The molecule has 4 N–H and O–H groups in total. The van der Waals surface area contributed by atoms with Gasteiger partial charge in [-0.3, -0.25) is 5.43 Å². The first-order valence-electron chi connectivity index (χ1n) is 8.44. The smallest absolute Gasteiger partial charge is 0.185 e. The van der Waals surface area contributed by atoms with Crippen LogP contribution in [-0.2, 0) is 0 Å². The lowest BCUT2D eigenvalue weighted by Gasteiger charge is -2.16. The molecule has 0 aliphatic rings. The van der Waals surface area contributed by atoms with Crippen molar-refractivity contribution in [3.05, 3.63) is 54.9 Å². The predicted octanol–water partition coefficient (Wildman–Crippen LogP) is 3.38. The molecule has 0 amide bonds. The molecule has 0 saturated carbocycles. The fourth-order valence-corrected chi connectivity index (χ4v) is 3.13. The molecule has 3 heterocycles. The number of hydrogen-bond donors (Lipinski definition) is 4. The third-order valence-electron chi connectivity index (χ3n) is 3.95. The van der Waals surface area contributed by atoms with Crippen molar-refractivity contribution in [2.24, 2.45) is 0 Å². The van der Waals surface area contributed by atoms with Crippen molar-refractivity contribution < 1.29 is 0 Å². The van der Waals surface area contributed by atoms with Crippen LogP contribution in [0.25, 0.3) is 33.8 Å². The lowest BCUT2D eigenvalue weighted by atomic mass is 10.1. The molecule has 0 spiro atoms. The molecule has 0 atom stereocenters. The highest BCUT2D eigenvalue weighted by Crippen LogP contribution is 2.29. The molecule has 1 aromatic carbocycles. The number of aromatic nitrogens is 4. The number of aromatic amines is 2. The van der Waals surface area contributed by atoms with Crippen LogP contribution in [0.2, 0.25) is 0 Å². The normalized spacial score (nSPS) is 11.1. The summed E-state index contributed by atoms with van der Waals surface area (Å²) in [6.07, 6.45) is 3.76. The van der Waals surface area contributed by atoms with Crippen LogP contribution in [0.4, 0.5) is 5.69 Å². The molecule has 0 bridgehead atoms. The van der Waals surface area contributed by atoms with Gasteiger partial charge < -0.3 is 15.3 Å². The number of H-pyrrole nitrogens is 2. The number of hydrazine groups is 1. The number of rotatable bonds is 4. The summed E-state index contributed by atoms with van der Waals surface area (Å²) in [5, 5.41) is 5.45. The fraction of sp³-hybridized carbons (Fsp3) is 0.105. The van der Waals surface area contributed by atoms with Crippen molar-refractivity contribution in [3.63, 3.8) is 0 Å². The van der Waals surface area contributed by atoms with Crippen molar-refractivity contribution in [2.75, 3.05) is 19.4 Å². The van der Waals surface area contributed by atoms with Crippen LogP contribution in [0.15, 0.2) is 54.9 Å². The Morgan fingerprint density at radius 1 is 0.926 bits per heavy atom. The summed E-state index contributed by atoms with van der Waals surface area (Å²) in [7, 11) is 3.76. The van der Waals surface area contributed by atoms with Crippen molar-refractivity contribution in [1.29, 1.82) is 0 Å². The number of anilines is 1. The van der Waals surface area contributed by atoms with E-state index < -0.39 is 0 Å². The maximum absolute atomic E-state index is 5.29. The summed E-state index contributed by atoms with van der Waals surface area (Å²) in [5.41, 5.74) is 8.89. The Hall–Kier alpha value is -3.23. The minimum atomic E-state index is 0.514. The summed E-state index contributed by atoms with van der Waals surface area (Å²) in [6, 6.07) is 13.7. The second kappa shape index (κ2) is 7.18. The standard InChI is InChI=1S/C19H19N7S/c1-26(2)25-19(27)22-12-7-8-13-16(11-12)24-18(15-6-4-10-21-15)17(23-13)14-5-3-9-20-14/h3-11,20-21H,1-2H3,(H2,22,25,27). The van der Waals surface area contributed by atoms with E-state index in [4.69, 9.17) is 22.2 Å². The van der Waals surface area contributed by atoms with Gasteiger partial charge in [-0.2, -0.15) is 0 Å². The summed E-state index contributed by atoms with van der Waals surface area (Å²) in [5.74, 6) is 0. The van der Waals surface area contributed by atoms with Crippen molar-refractivity contribution >= 4 is 34.1 Å². The number of fused-ring (bicyclic) bond motifs is 1. The van der Waals surface area contributed by atoms with E-state index >= 15 is 0 Å². The quantitative estimate of drug-likeness (QED) is 0.322. The van der Waals surface area contributed by atoms with Gasteiger partial charge in [-0.1, -0.05) is 0 Å². The Kier molecular flexibility index (Phi) is 4.57. The molecule has 0 radical (unpaired) electrons. The Balaban J connectivity index is 1.78. The third-order valence-corrected chi connectivity index (χ3v) is 4.15. The molecule has 0 aliphatic heterocycles. The van der Waals surface area contributed by atoms with Crippen LogP contribution in [0.3, 0.4) is 0 Å². The van der Waals surface area contributed by atoms with E-state index in [2.05, 4.69) is 20.7 Å². The highest BCUT2D eigenvalue weighted by molar-refractivity contribution is 7.80. The van der Waals surface area contributed by atoms with Gasteiger partial charge in [0, 0.05) is 32.2 Å². The zero-order valence-corrected chi connectivity index (χ0v) is 15.8. The highest BCUT2D eigenvalue weighted by atomic mass is 32.1. The number of nitrogens with zero attached hydrogens (tertiary/aromatic N) is 3. The largest absolute Gasteiger partial charge is 0.360 e. The number of hydrogen-bond acceptors (Lipinski definition) is 4. The molecule has 3 aromatic heterocycles. The SMILES string of the molecule is CN(C)NC(=S)Nc1ccc2nc(-c3ccc[nH]3)c(-c3ccc[nH]3)nc2c1. The van der Waals surface area contributed by atoms with E-state index in [1.807, 2.05) is 69.0 Å². The molecule has 4 rings (SSSR count). The fourth-order valence-electron chi connectivity index (χ4n) is 2.83. The minimum absolute atomic E-state index is 0.514. The highest BCUT2D eigenvalue weighted by Gasteiger charge is 2.14. The lowest BCUT2D eigenvalue weighted by molar-refractivity contribution is 0.365. The molecule has 0 aliphatic carbocycles. The lowest BCUT2D eigenvalue weighted by Crippen LogP contribution is -2.38. The average Bonchev–Trinajstić information content (AvgIpc) is 3.33. The summed E-state index contributed by atoms with van der Waals surface area (Å²) >= 11 is 5.29. The molecule has 0 saturated heterocycles. The van der Waals surface area contributed by atoms with Gasteiger partial charge in [0.2, 0.25) is 0 Å². The number of benzene rings is 1. The van der Waals surface area contributed by atoms with Crippen molar-refractivity contribution in [1.82, 2.24) is 30.4 Å². The Morgan fingerprint density at radius 3 is 2.11 bits per heavy atom. The van der Waals surface area contributed by atoms with E-state index in [1.54, 1.807) is 5.01 Å². The molecule has 136 valence electrons. The molecule has 8 heteroatoms. The molecule has 0 unspecified atom stereocenters. The van der Waals surface area contributed by atoms with Crippen molar-refractivity contribution in [3.8, 4) is 22.8 Å². The topological polar surface area (TPSA) is 84.7 Å². The Bertz CT molecular complexity index is 1070. The van der Waals surface area contributed by atoms with Crippen LogP contribution in [-0.4, -0.2) is 44.2 Å². The maximum Gasteiger partial charge on any atom is 0.185 e. The molecule has 7 nitrogen and oxygen atoms in total. The van der Waals surface area contributed by atoms with Gasteiger partial charge in [0.25, 0.3) is 0 Å². The van der Waals surface area contributed by atoms with Crippen LogP contribution >= 0.6 is 12.2 Å². The first-order chi connectivity index (χ1) is 13.1. The first kappa shape index (κ1) is 17.2. The third kappa shape index (κ3) is 3.67. The monoisotopic (exact) mass is 377 g/mol. The zero-order valence-electron chi connectivity index (χ0n) is 14.9. The van der Waals surface area contributed by atoms with Crippen molar-refractivity contribution in [2.45, 2.75) is 0 Å². The Morgan fingerprint density at radius 2 is 1.56 bits per heavy atom. The second-order valence-electron chi connectivity index (χ2n) is 6.25. The first-order valence-corrected chi connectivity index (χ1v) is 8.85. The van der Waals surface area contributed by atoms with Gasteiger partial charge in [-0.15, -0.1) is 0 Å². The number of thiocarbonyl (C=S) groups is 1. The summed E-state index contributed by atoms with van der Waals surface area (Å²) < 4.78 is 0. The van der Waals surface area contributed by atoms with Gasteiger partial charge in [0.05, 0.1) is 22.4 Å². The van der Waals surface area contributed by atoms with Gasteiger partial charge >= 0.3 is 0 Å². The predicted molar refractivity (Wildman–Crippen MR) is 112 cm³/mol. The van der Waals surface area contributed by atoms with E-state index in [0.717, 1.165) is 39.5 Å². The summed E-state index contributed by atoms with van der Waals surface area (Å²) in [4.78, 5) is 16.2. The molecule has 27 heavy (non-hydrogen) atoms. The zero-order chi connectivity index (χ0) is 18.8.